The average molecular weight is 312 g/mol. The molecule has 21 heavy (non-hydrogen) atoms. The molecule has 118 valence electrons. The van der Waals surface area contributed by atoms with E-state index in [0.717, 1.165) is 55.4 Å². The number of halogens is 1. The van der Waals surface area contributed by atoms with Crippen LogP contribution in [-0.4, -0.2) is 25.4 Å². The molecule has 1 aromatic rings. The summed E-state index contributed by atoms with van der Waals surface area (Å²) in [5.41, 5.74) is 0.998. The molecule has 0 saturated carbocycles. The zero-order valence-electron chi connectivity index (χ0n) is 13.0. The van der Waals surface area contributed by atoms with Crippen LogP contribution in [0.5, 0.6) is 5.75 Å². The van der Waals surface area contributed by atoms with Crippen molar-refractivity contribution in [2.45, 2.75) is 58.1 Å². The molecule has 2 atom stereocenters. The van der Waals surface area contributed by atoms with Gasteiger partial charge in [-0.05, 0) is 43.9 Å². The van der Waals surface area contributed by atoms with Crippen molar-refractivity contribution in [1.82, 2.24) is 0 Å². The maximum absolute atomic E-state index is 6.13. The molecule has 2 rings (SSSR count). The van der Waals surface area contributed by atoms with Crippen molar-refractivity contribution in [2.75, 3.05) is 18.5 Å². The van der Waals surface area contributed by atoms with E-state index >= 15 is 0 Å². The van der Waals surface area contributed by atoms with E-state index in [-0.39, 0.29) is 0 Å². The Balaban J connectivity index is 2.01. The fourth-order valence-electron chi connectivity index (χ4n) is 2.71. The third kappa shape index (κ3) is 5.08. The first-order chi connectivity index (χ1) is 10.2. The minimum atomic E-state index is 0.375. The van der Waals surface area contributed by atoms with Crippen molar-refractivity contribution in [1.29, 1.82) is 0 Å². The van der Waals surface area contributed by atoms with Gasteiger partial charge in [0.1, 0.15) is 5.75 Å². The molecule has 0 amide bonds. The molecule has 1 aliphatic rings. The second-order valence-corrected chi connectivity index (χ2v) is 6.07. The molecule has 0 aromatic heterocycles. The summed E-state index contributed by atoms with van der Waals surface area (Å²) in [5.74, 6) is 0.889. The summed E-state index contributed by atoms with van der Waals surface area (Å²) in [5, 5.41) is 4.33. The molecule has 2 unspecified atom stereocenters. The van der Waals surface area contributed by atoms with E-state index in [2.05, 4.69) is 19.2 Å². The van der Waals surface area contributed by atoms with Crippen molar-refractivity contribution in [3.63, 3.8) is 0 Å². The quantitative estimate of drug-likeness (QED) is 0.777. The number of nitrogens with one attached hydrogen (secondary N) is 1. The molecule has 3 nitrogen and oxygen atoms in total. The molecule has 4 heteroatoms. The first-order valence-corrected chi connectivity index (χ1v) is 8.41. The second kappa shape index (κ2) is 8.50. The first-order valence-electron chi connectivity index (χ1n) is 8.03. The summed E-state index contributed by atoms with van der Waals surface area (Å²) in [6.45, 7) is 5.86. The molecule has 0 bridgehead atoms. The Kier molecular flexibility index (Phi) is 6.65. The van der Waals surface area contributed by atoms with Crippen molar-refractivity contribution < 1.29 is 9.47 Å². The largest absolute Gasteiger partial charge is 0.491 e. The Morgan fingerprint density at radius 3 is 2.95 bits per heavy atom. The van der Waals surface area contributed by atoms with Crippen LogP contribution in [0.15, 0.2) is 18.2 Å². The van der Waals surface area contributed by atoms with E-state index < -0.39 is 0 Å². The van der Waals surface area contributed by atoms with E-state index in [0.29, 0.717) is 12.1 Å². The Morgan fingerprint density at radius 1 is 1.33 bits per heavy atom. The van der Waals surface area contributed by atoms with Gasteiger partial charge in [0.05, 0.1) is 18.4 Å². The van der Waals surface area contributed by atoms with E-state index in [1.54, 1.807) is 0 Å². The van der Waals surface area contributed by atoms with Gasteiger partial charge in [-0.2, -0.15) is 0 Å². The maximum atomic E-state index is 6.13. The lowest BCUT2D eigenvalue weighted by Crippen LogP contribution is -2.34. The SMILES string of the molecule is CCCOc1ccc(Cl)cc1NC1CCOC(CCC)C1. The molecule has 1 aliphatic heterocycles. The minimum absolute atomic E-state index is 0.375. The number of rotatable bonds is 7. The fraction of sp³-hybridized carbons (Fsp3) is 0.647. The van der Waals surface area contributed by atoms with Gasteiger partial charge >= 0.3 is 0 Å². The smallest absolute Gasteiger partial charge is 0.142 e. The van der Waals surface area contributed by atoms with E-state index in [1.807, 2.05) is 18.2 Å². The topological polar surface area (TPSA) is 30.5 Å². The molecule has 1 N–H and O–H groups in total. The van der Waals surface area contributed by atoms with Crippen LogP contribution >= 0.6 is 11.6 Å². The van der Waals surface area contributed by atoms with Gasteiger partial charge in [-0.15, -0.1) is 0 Å². The lowest BCUT2D eigenvalue weighted by Gasteiger charge is -2.31. The van der Waals surface area contributed by atoms with Gasteiger partial charge < -0.3 is 14.8 Å². The Hall–Kier alpha value is -0.930. The normalized spacial score (nSPS) is 22.0. The minimum Gasteiger partial charge on any atom is -0.491 e. The van der Waals surface area contributed by atoms with Crippen LogP contribution in [0.2, 0.25) is 5.02 Å². The van der Waals surface area contributed by atoms with Crippen LogP contribution in [-0.2, 0) is 4.74 Å². The Morgan fingerprint density at radius 2 is 2.19 bits per heavy atom. The monoisotopic (exact) mass is 311 g/mol. The Bertz CT molecular complexity index is 437. The van der Waals surface area contributed by atoms with Gasteiger partial charge in [0.15, 0.2) is 0 Å². The number of hydrogen-bond acceptors (Lipinski definition) is 3. The molecule has 0 aliphatic carbocycles. The third-order valence-electron chi connectivity index (χ3n) is 3.74. The Labute approximate surface area is 133 Å². The van der Waals surface area contributed by atoms with E-state index in [1.165, 1.54) is 6.42 Å². The molecule has 1 heterocycles. The van der Waals surface area contributed by atoms with Gasteiger partial charge in [0, 0.05) is 17.7 Å². The van der Waals surface area contributed by atoms with Crippen LogP contribution in [0.25, 0.3) is 0 Å². The van der Waals surface area contributed by atoms with E-state index in [9.17, 15) is 0 Å². The molecular weight excluding hydrogens is 286 g/mol. The molecule has 1 aromatic carbocycles. The van der Waals surface area contributed by atoms with Gasteiger partial charge in [0.2, 0.25) is 0 Å². The summed E-state index contributed by atoms with van der Waals surface area (Å²) in [6, 6.07) is 6.21. The van der Waals surface area contributed by atoms with Crippen LogP contribution in [0, 0.1) is 0 Å². The van der Waals surface area contributed by atoms with Gasteiger partial charge in [0.25, 0.3) is 0 Å². The number of ether oxygens (including phenoxy) is 2. The van der Waals surface area contributed by atoms with Crippen LogP contribution in [0.4, 0.5) is 5.69 Å². The van der Waals surface area contributed by atoms with Crippen molar-refractivity contribution in [2.24, 2.45) is 0 Å². The lowest BCUT2D eigenvalue weighted by molar-refractivity contribution is 0.00594. The molecule has 1 fully saturated rings. The number of benzene rings is 1. The zero-order chi connectivity index (χ0) is 15.1. The lowest BCUT2D eigenvalue weighted by atomic mass is 10.00. The summed E-state index contributed by atoms with van der Waals surface area (Å²) in [6.07, 6.45) is 5.75. The molecular formula is C17H26ClNO2. The fourth-order valence-corrected chi connectivity index (χ4v) is 2.88. The number of anilines is 1. The van der Waals surface area contributed by atoms with Crippen molar-refractivity contribution in [3.05, 3.63) is 23.2 Å². The molecule has 0 radical (unpaired) electrons. The summed E-state index contributed by atoms with van der Waals surface area (Å²) in [4.78, 5) is 0. The van der Waals surface area contributed by atoms with Crippen molar-refractivity contribution in [3.8, 4) is 5.75 Å². The van der Waals surface area contributed by atoms with Crippen LogP contribution in [0.1, 0.15) is 46.0 Å². The van der Waals surface area contributed by atoms with Crippen LogP contribution in [0.3, 0.4) is 0 Å². The highest BCUT2D eigenvalue weighted by molar-refractivity contribution is 6.30. The predicted octanol–water partition coefficient (Wildman–Crippen LogP) is 4.89. The summed E-state index contributed by atoms with van der Waals surface area (Å²) < 4.78 is 11.6. The second-order valence-electron chi connectivity index (χ2n) is 5.64. The highest BCUT2D eigenvalue weighted by atomic mass is 35.5. The highest BCUT2D eigenvalue weighted by Gasteiger charge is 2.22. The molecule has 1 saturated heterocycles. The molecule has 0 spiro atoms. The van der Waals surface area contributed by atoms with Gasteiger partial charge in [-0.3, -0.25) is 0 Å². The summed E-state index contributed by atoms with van der Waals surface area (Å²) in [7, 11) is 0. The number of hydrogen-bond donors (Lipinski definition) is 1. The van der Waals surface area contributed by atoms with Gasteiger partial charge in [-0.25, -0.2) is 0 Å². The van der Waals surface area contributed by atoms with Crippen LogP contribution < -0.4 is 10.1 Å². The van der Waals surface area contributed by atoms with Crippen molar-refractivity contribution >= 4 is 17.3 Å². The van der Waals surface area contributed by atoms with E-state index in [4.69, 9.17) is 21.1 Å². The average Bonchev–Trinajstić information content (AvgIpc) is 2.47. The zero-order valence-corrected chi connectivity index (χ0v) is 13.8. The highest BCUT2D eigenvalue weighted by Crippen LogP contribution is 2.31. The van der Waals surface area contributed by atoms with Gasteiger partial charge in [-0.1, -0.05) is 31.9 Å². The first kappa shape index (κ1) is 16.4. The standard InChI is InChI=1S/C17H26ClNO2/c1-3-5-15-12-14(8-10-20-15)19-16-11-13(18)6-7-17(16)21-9-4-2/h6-7,11,14-15,19H,3-5,8-10,12H2,1-2H3. The summed E-state index contributed by atoms with van der Waals surface area (Å²) >= 11 is 6.13. The predicted molar refractivity (Wildman–Crippen MR) is 88.5 cm³/mol. The third-order valence-corrected chi connectivity index (χ3v) is 3.98. The maximum Gasteiger partial charge on any atom is 0.142 e.